The molecule has 2 aromatic rings. The third kappa shape index (κ3) is 7.29. The van der Waals surface area contributed by atoms with Gasteiger partial charge in [-0.2, -0.15) is 0 Å². The van der Waals surface area contributed by atoms with E-state index in [4.69, 9.17) is 4.74 Å². The predicted octanol–water partition coefficient (Wildman–Crippen LogP) is 3.54. The predicted molar refractivity (Wildman–Crippen MR) is 111 cm³/mol. The number of rotatable bonds is 10. The summed E-state index contributed by atoms with van der Waals surface area (Å²) in [7, 11) is 0. The summed E-state index contributed by atoms with van der Waals surface area (Å²) >= 11 is 0. The van der Waals surface area contributed by atoms with Crippen LogP contribution in [0.1, 0.15) is 43.1 Å². The molecule has 1 unspecified atom stereocenters. The van der Waals surface area contributed by atoms with Crippen LogP contribution in [0.25, 0.3) is 0 Å². The number of aliphatic imine (C=N–C) groups is 1. The molecule has 0 saturated carbocycles. The molecule has 0 aromatic heterocycles. The molecule has 0 aliphatic carbocycles. The van der Waals surface area contributed by atoms with Crippen LogP contribution in [0.2, 0.25) is 0 Å². The first-order valence-corrected chi connectivity index (χ1v) is 9.71. The van der Waals surface area contributed by atoms with Crippen molar-refractivity contribution in [1.29, 1.82) is 0 Å². The maximum atomic E-state index is 13.5. The maximum Gasteiger partial charge on any atom is 0.191 e. The molecule has 6 heteroatoms. The Hall–Kier alpha value is -2.44. The molecule has 0 fully saturated rings. The number of nitrogens with one attached hydrogen (secondary N) is 2. The van der Waals surface area contributed by atoms with Crippen molar-refractivity contribution in [2.45, 2.75) is 39.5 Å². The minimum absolute atomic E-state index is 0.0716. The van der Waals surface area contributed by atoms with E-state index in [1.807, 2.05) is 25.1 Å². The Bertz CT molecular complexity index is 738. The smallest absolute Gasteiger partial charge is 0.191 e. The van der Waals surface area contributed by atoms with Crippen molar-refractivity contribution in [2.75, 3.05) is 19.7 Å². The van der Waals surface area contributed by atoms with Crippen LogP contribution in [0.4, 0.5) is 4.39 Å². The second-order valence-corrected chi connectivity index (χ2v) is 6.48. The highest BCUT2D eigenvalue weighted by Gasteiger charge is 2.05. The van der Waals surface area contributed by atoms with Crippen molar-refractivity contribution in [3.8, 4) is 0 Å². The number of hydrogen-bond acceptors (Lipinski definition) is 3. The molecule has 0 amide bonds. The van der Waals surface area contributed by atoms with Gasteiger partial charge >= 0.3 is 0 Å². The number of ether oxygens (including phenoxy) is 1. The average molecular weight is 387 g/mol. The summed E-state index contributed by atoms with van der Waals surface area (Å²) < 4.78 is 19.3. The normalized spacial score (nSPS) is 12.6. The molecule has 0 spiro atoms. The molecule has 28 heavy (non-hydrogen) atoms. The van der Waals surface area contributed by atoms with Gasteiger partial charge in [-0.3, -0.25) is 0 Å². The van der Waals surface area contributed by atoms with Crippen LogP contribution in [0.5, 0.6) is 0 Å². The second-order valence-electron chi connectivity index (χ2n) is 6.48. The van der Waals surface area contributed by atoms with Gasteiger partial charge in [0.15, 0.2) is 5.96 Å². The van der Waals surface area contributed by atoms with Crippen LogP contribution < -0.4 is 10.6 Å². The van der Waals surface area contributed by atoms with Crippen LogP contribution >= 0.6 is 0 Å². The average Bonchev–Trinajstić information content (AvgIpc) is 2.73. The van der Waals surface area contributed by atoms with E-state index in [2.05, 4.69) is 34.7 Å². The number of hydrogen-bond donors (Lipinski definition) is 3. The summed E-state index contributed by atoms with van der Waals surface area (Å²) in [6.07, 6.45) is 0.926. The van der Waals surface area contributed by atoms with Gasteiger partial charge in [-0.15, -0.1) is 0 Å². The minimum Gasteiger partial charge on any atom is -0.392 e. The van der Waals surface area contributed by atoms with Gasteiger partial charge in [0, 0.05) is 25.3 Å². The number of halogens is 1. The molecule has 0 bridgehead atoms. The summed E-state index contributed by atoms with van der Waals surface area (Å²) in [6.45, 7) is 6.28. The second kappa shape index (κ2) is 12.1. The minimum atomic E-state index is -0.398. The Labute approximate surface area is 166 Å². The lowest BCUT2D eigenvalue weighted by molar-refractivity contribution is 0.0646. The zero-order valence-electron chi connectivity index (χ0n) is 16.6. The van der Waals surface area contributed by atoms with Gasteiger partial charge in [0.25, 0.3) is 0 Å². The highest BCUT2D eigenvalue weighted by Crippen LogP contribution is 2.15. The van der Waals surface area contributed by atoms with Crippen molar-refractivity contribution < 1.29 is 14.2 Å². The summed E-state index contributed by atoms with van der Waals surface area (Å²) in [5.74, 6) is 0.304. The van der Waals surface area contributed by atoms with Crippen molar-refractivity contribution in [3.63, 3.8) is 0 Å². The van der Waals surface area contributed by atoms with E-state index >= 15 is 0 Å². The molecule has 0 aliphatic rings. The molecule has 152 valence electrons. The zero-order chi connectivity index (χ0) is 20.2. The lowest BCUT2D eigenvalue weighted by Gasteiger charge is -2.15. The summed E-state index contributed by atoms with van der Waals surface area (Å²) in [6, 6.07) is 14.8. The summed E-state index contributed by atoms with van der Waals surface area (Å²) in [5.41, 5.74) is 2.31. The van der Waals surface area contributed by atoms with Crippen LogP contribution in [0.15, 0.2) is 53.5 Å². The molecular weight excluding hydrogens is 357 g/mol. The Kier molecular flexibility index (Phi) is 9.45. The molecule has 5 nitrogen and oxygen atoms in total. The number of guanidine groups is 1. The maximum absolute atomic E-state index is 13.5. The van der Waals surface area contributed by atoms with E-state index in [9.17, 15) is 9.50 Å². The van der Waals surface area contributed by atoms with Gasteiger partial charge in [-0.1, -0.05) is 36.4 Å². The fourth-order valence-corrected chi connectivity index (χ4v) is 2.72. The lowest BCUT2D eigenvalue weighted by atomic mass is 10.1. The molecule has 3 N–H and O–H groups in total. The number of benzene rings is 2. The molecular formula is C22H30FN3O2. The van der Waals surface area contributed by atoms with Crippen LogP contribution in [0, 0.1) is 5.82 Å². The highest BCUT2D eigenvalue weighted by atomic mass is 19.1. The Morgan fingerprint density at radius 1 is 1.18 bits per heavy atom. The summed E-state index contributed by atoms with van der Waals surface area (Å²) in [4.78, 5) is 4.52. The SMILES string of the molecule is CCNC(=NCc1ccc(F)c(CO)c1)NCCCOC(C)c1ccccc1. The Balaban J connectivity index is 1.76. The van der Waals surface area contributed by atoms with E-state index in [0.29, 0.717) is 19.1 Å². The number of aliphatic hydroxyl groups is 1. The van der Waals surface area contributed by atoms with Gasteiger partial charge in [-0.05, 0) is 43.5 Å². The molecule has 0 aliphatic heterocycles. The zero-order valence-corrected chi connectivity index (χ0v) is 16.6. The van der Waals surface area contributed by atoms with Crippen molar-refractivity contribution in [3.05, 3.63) is 71.0 Å². The number of nitrogens with zero attached hydrogens (tertiary/aromatic N) is 1. The highest BCUT2D eigenvalue weighted by molar-refractivity contribution is 5.79. The Morgan fingerprint density at radius 2 is 1.96 bits per heavy atom. The monoisotopic (exact) mass is 387 g/mol. The van der Waals surface area contributed by atoms with Crippen molar-refractivity contribution in [2.24, 2.45) is 4.99 Å². The Morgan fingerprint density at radius 3 is 2.68 bits per heavy atom. The molecule has 2 rings (SSSR count). The molecule has 2 aromatic carbocycles. The van der Waals surface area contributed by atoms with Crippen molar-refractivity contribution >= 4 is 5.96 Å². The van der Waals surface area contributed by atoms with E-state index < -0.39 is 5.82 Å². The van der Waals surface area contributed by atoms with Gasteiger partial charge in [0.2, 0.25) is 0 Å². The van der Waals surface area contributed by atoms with Crippen LogP contribution in [-0.2, 0) is 17.9 Å². The van der Waals surface area contributed by atoms with Crippen LogP contribution in [0.3, 0.4) is 0 Å². The topological polar surface area (TPSA) is 65.9 Å². The molecule has 0 heterocycles. The van der Waals surface area contributed by atoms with E-state index in [-0.39, 0.29) is 18.3 Å². The van der Waals surface area contributed by atoms with Crippen molar-refractivity contribution in [1.82, 2.24) is 10.6 Å². The van der Waals surface area contributed by atoms with Gasteiger partial charge < -0.3 is 20.5 Å². The third-order valence-corrected chi connectivity index (χ3v) is 4.29. The standard InChI is InChI=1S/C22H30FN3O2/c1-3-24-22(26-15-18-10-11-21(23)20(14-18)16-27)25-12-7-13-28-17(2)19-8-5-4-6-9-19/h4-6,8-11,14,17,27H,3,7,12-13,15-16H2,1-2H3,(H2,24,25,26). The van der Waals surface area contributed by atoms with Gasteiger partial charge in [0.1, 0.15) is 5.82 Å². The first kappa shape index (κ1) is 21.9. The lowest BCUT2D eigenvalue weighted by Crippen LogP contribution is -2.38. The summed E-state index contributed by atoms with van der Waals surface area (Å²) in [5, 5.41) is 15.6. The molecule has 0 radical (unpaired) electrons. The molecule has 0 saturated heterocycles. The number of aliphatic hydroxyl groups excluding tert-OH is 1. The van der Waals surface area contributed by atoms with E-state index in [1.165, 1.54) is 11.6 Å². The first-order chi connectivity index (χ1) is 13.6. The largest absolute Gasteiger partial charge is 0.392 e. The molecule has 1 atom stereocenters. The van der Waals surface area contributed by atoms with Gasteiger partial charge in [0.05, 0.1) is 19.3 Å². The fraction of sp³-hybridized carbons (Fsp3) is 0.409. The quantitative estimate of drug-likeness (QED) is 0.331. The fourth-order valence-electron chi connectivity index (χ4n) is 2.72. The first-order valence-electron chi connectivity index (χ1n) is 9.71. The van der Waals surface area contributed by atoms with E-state index in [1.54, 1.807) is 12.1 Å². The third-order valence-electron chi connectivity index (χ3n) is 4.29. The van der Waals surface area contributed by atoms with E-state index in [0.717, 1.165) is 25.1 Å². The van der Waals surface area contributed by atoms with Crippen LogP contribution in [-0.4, -0.2) is 30.8 Å². The van der Waals surface area contributed by atoms with Gasteiger partial charge in [-0.25, -0.2) is 9.38 Å².